The van der Waals surface area contributed by atoms with Crippen molar-refractivity contribution in [3.8, 4) is 0 Å². The minimum atomic E-state index is -3.96. The lowest BCUT2D eigenvalue weighted by molar-refractivity contribution is -0.188. The van der Waals surface area contributed by atoms with Crippen molar-refractivity contribution in [2.75, 3.05) is 5.33 Å². The van der Waals surface area contributed by atoms with Crippen molar-refractivity contribution in [2.24, 2.45) is 5.41 Å². The van der Waals surface area contributed by atoms with E-state index in [4.69, 9.17) is 0 Å². The van der Waals surface area contributed by atoms with Crippen molar-refractivity contribution in [3.05, 3.63) is 0 Å². The van der Waals surface area contributed by atoms with E-state index in [-0.39, 0.29) is 0 Å². The molecule has 66 valence electrons. The highest BCUT2D eigenvalue weighted by Crippen LogP contribution is 2.60. The first-order chi connectivity index (χ1) is 5.02. The van der Waals surface area contributed by atoms with Crippen molar-refractivity contribution < 1.29 is 13.2 Å². The molecule has 4 heteroatoms. The molecule has 0 aromatic rings. The van der Waals surface area contributed by atoms with Gasteiger partial charge in [0.1, 0.15) is 0 Å². The summed E-state index contributed by atoms with van der Waals surface area (Å²) in [5.74, 6) is 0. The van der Waals surface area contributed by atoms with Crippen LogP contribution in [0.2, 0.25) is 0 Å². The maximum Gasteiger partial charge on any atom is 0.394 e. The SMILES string of the molecule is FC(F)(F)C1(CCCBr)CC1. The molecule has 0 amide bonds. The van der Waals surface area contributed by atoms with Crippen molar-refractivity contribution in [2.45, 2.75) is 31.9 Å². The number of hydrogen-bond acceptors (Lipinski definition) is 0. The van der Waals surface area contributed by atoms with Gasteiger partial charge < -0.3 is 0 Å². The van der Waals surface area contributed by atoms with Gasteiger partial charge in [0, 0.05) is 5.33 Å². The van der Waals surface area contributed by atoms with Gasteiger partial charge in [-0.2, -0.15) is 13.2 Å². The van der Waals surface area contributed by atoms with Crippen LogP contribution in [0.4, 0.5) is 13.2 Å². The van der Waals surface area contributed by atoms with E-state index in [2.05, 4.69) is 15.9 Å². The second-order valence-electron chi connectivity index (χ2n) is 3.07. The van der Waals surface area contributed by atoms with Gasteiger partial charge in [-0.15, -0.1) is 0 Å². The minimum Gasteiger partial charge on any atom is -0.171 e. The predicted molar refractivity (Wildman–Crippen MR) is 40.8 cm³/mol. The molecule has 0 aliphatic heterocycles. The fourth-order valence-corrected chi connectivity index (χ4v) is 1.51. The van der Waals surface area contributed by atoms with Crippen LogP contribution in [0.15, 0.2) is 0 Å². The van der Waals surface area contributed by atoms with Crippen molar-refractivity contribution in [3.63, 3.8) is 0 Å². The van der Waals surface area contributed by atoms with E-state index < -0.39 is 11.6 Å². The van der Waals surface area contributed by atoms with Gasteiger partial charge in [-0.1, -0.05) is 15.9 Å². The highest BCUT2D eigenvalue weighted by molar-refractivity contribution is 9.09. The van der Waals surface area contributed by atoms with Gasteiger partial charge in [-0.25, -0.2) is 0 Å². The summed E-state index contributed by atoms with van der Waals surface area (Å²) in [7, 11) is 0. The summed E-state index contributed by atoms with van der Waals surface area (Å²) in [4.78, 5) is 0. The van der Waals surface area contributed by atoms with Crippen LogP contribution in [0.3, 0.4) is 0 Å². The molecule has 0 saturated heterocycles. The number of rotatable bonds is 3. The largest absolute Gasteiger partial charge is 0.394 e. The Morgan fingerprint density at radius 2 is 1.82 bits per heavy atom. The van der Waals surface area contributed by atoms with E-state index >= 15 is 0 Å². The van der Waals surface area contributed by atoms with Gasteiger partial charge in [-0.3, -0.25) is 0 Å². The lowest BCUT2D eigenvalue weighted by atomic mass is 10.0. The Morgan fingerprint density at radius 3 is 2.09 bits per heavy atom. The van der Waals surface area contributed by atoms with Crippen LogP contribution >= 0.6 is 15.9 Å². The van der Waals surface area contributed by atoms with Crippen LogP contribution in [-0.4, -0.2) is 11.5 Å². The molecule has 0 aromatic heterocycles. The van der Waals surface area contributed by atoms with Crippen LogP contribution in [0, 0.1) is 5.41 Å². The third kappa shape index (κ3) is 1.89. The highest BCUT2D eigenvalue weighted by Gasteiger charge is 2.62. The average Bonchev–Trinajstić information content (AvgIpc) is 2.61. The smallest absolute Gasteiger partial charge is 0.171 e. The zero-order valence-corrected chi connectivity index (χ0v) is 7.63. The monoisotopic (exact) mass is 230 g/mol. The first kappa shape index (κ1) is 9.36. The molecule has 0 radical (unpaired) electrons. The molecule has 0 bridgehead atoms. The van der Waals surface area contributed by atoms with Gasteiger partial charge in [0.15, 0.2) is 0 Å². The zero-order chi connectivity index (χ0) is 8.54. The Labute approximate surface area is 72.3 Å². The summed E-state index contributed by atoms with van der Waals surface area (Å²) < 4.78 is 36.6. The first-order valence-electron chi connectivity index (χ1n) is 3.64. The van der Waals surface area contributed by atoms with Crippen molar-refractivity contribution in [1.29, 1.82) is 0 Å². The van der Waals surface area contributed by atoms with E-state index in [1.807, 2.05) is 0 Å². The number of halogens is 4. The van der Waals surface area contributed by atoms with E-state index in [0.717, 1.165) is 0 Å². The molecule has 1 aliphatic carbocycles. The third-order valence-corrected chi connectivity index (χ3v) is 2.80. The fourth-order valence-electron chi connectivity index (χ4n) is 1.23. The third-order valence-electron chi connectivity index (χ3n) is 2.24. The molecule has 0 spiro atoms. The van der Waals surface area contributed by atoms with E-state index in [0.29, 0.717) is 31.0 Å². The van der Waals surface area contributed by atoms with Crippen molar-refractivity contribution in [1.82, 2.24) is 0 Å². The van der Waals surface area contributed by atoms with Gasteiger partial charge >= 0.3 is 6.18 Å². The molecule has 1 rings (SSSR count). The number of hydrogen-bond donors (Lipinski definition) is 0. The Hall–Kier alpha value is 0.270. The second-order valence-corrected chi connectivity index (χ2v) is 3.86. The van der Waals surface area contributed by atoms with Crippen LogP contribution in [0.1, 0.15) is 25.7 Å². The van der Waals surface area contributed by atoms with Gasteiger partial charge in [0.2, 0.25) is 0 Å². The van der Waals surface area contributed by atoms with Gasteiger partial charge in [0.05, 0.1) is 5.41 Å². The van der Waals surface area contributed by atoms with Crippen molar-refractivity contribution >= 4 is 15.9 Å². The van der Waals surface area contributed by atoms with Crippen LogP contribution in [0.25, 0.3) is 0 Å². The van der Waals surface area contributed by atoms with E-state index in [9.17, 15) is 13.2 Å². The molecule has 11 heavy (non-hydrogen) atoms. The Kier molecular flexibility index (Phi) is 2.52. The molecule has 1 saturated carbocycles. The second kappa shape index (κ2) is 2.96. The predicted octanol–water partition coefficient (Wildman–Crippen LogP) is 3.50. The molecule has 1 fully saturated rings. The Bertz CT molecular complexity index is 137. The van der Waals surface area contributed by atoms with Crippen LogP contribution in [0.5, 0.6) is 0 Å². The summed E-state index contributed by atoms with van der Waals surface area (Å²) in [6.45, 7) is 0. The molecule has 0 unspecified atom stereocenters. The molecule has 0 N–H and O–H groups in total. The summed E-state index contributed by atoms with van der Waals surface area (Å²) in [5.41, 5.74) is -1.29. The minimum absolute atomic E-state index is 0.293. The van der Waals surface area contributed by atoms with Gasteiger partial charge in [-0.05, 0) is 25.7 Å². The average molecular weight is 231 g/mol. The van der Waals surface area contributed by atoms with Gasteiger partial charge in [0.25, 0.3) is 0 Å². The highest BCUT2D eigenvalue weighted by atomic mass is 79.9. The summed E-state index contributed by atoms with van der Waals surface area (Å²) in [6, 6.07) is 0. The summed E-state index contributed by atoms with van der Waals surface area (Å²) in [6.07, 6.45) is -2.37. The molecule has 0 nitrogen and oxygen atoms in total. The molecule has 0 aromatic carbocycles. The van der Waals surface area contributed by atoms with Crippen LogP contribution < -0.4 is 0 Å². The first-order valence-corrected chi connectivity index (χ1v) is 4.77. The van der Waals surface area contributed by atoms with E-state index in [1.165, 1.54) is 0 Å². The topological polar surface area (TPSA) is 0 Å². The lowest BCUT2D eigenvalue weighted by Crippen LogP contribution is -2.24. The summed E-state index contributed by atoms with van der Waals surface area (Å²) >= 11 is 3.13. The molecule has 0 heterocycles. The normalized spacial score (nSPS) is 21.8. The summed E-state index contributed by atoms with van der Waals surface area (Å²) in [5, 5.41) is 0.671. The molecular formula is C7H10BrF3. The zero-order valence-electron chi connectivity index (χ0n) is 6.05. The number of alkyl halides is 4. The maximum absolute atomic E-state index is 12.2. The quantitative estimate of drug-likeness (QED) is 0.652. The van der Waals surface area contributed by atoms with Crippen LogP contribution in [-0.2, 0) is 0 Å². The standard InChI is InChI=1S/C7H10BrF3/c8-5-1-2-6(3-4-6)7(9,10)11/h1-5H2. The maximum atomic E-state index is 12.2. The fraction of sp³-hybridized carbons (Fsp3) is 1.00. The lowest BCUT2D eigenvalue weighted by Gasteiger charge is -2.17. The molecule has 1 aliphatic rings. The van der Waals surface area contributed by atoms with E-state index in [1.54, 1.807) is 0 Å². The Balaban J connectivity index is 2.41. The Morgan fingerprint density at radius 1 is 1.27 bits per heavy atom. The molecular weight excluding hydrogens is 221 g/mol. The molecule has 0 atom stereocenters.